The summed E-state index contributed by atoms with van der Waals surface area (Å²) in [5.41, 5.74) is 1.80. The molecule has 7 heteroatoms. The number of quaternary nitrogens is 1. The van der Waals surface area contributed by atoms with Crippen LogP contribution in [0.25, 0.3) is 0 Å². The number of allylic oxidation sites excluding steroid dienone is 1. The van der Waals surface area contributed by atoms with Crippen molar-refractivity contribution in [2.45, 2.75) is 19.1 Å². The summed E-state index contributed by atoms with van der Waals surface area (Å²) in [6.45, 7) is 7.22. The molecule has 1 saturated heterocycles. The molecule has 29 heavy (non-hydrogen) atoms. The van der Waals surface area contributed by atoms with E-state index in [0.717, 1.165) is 30.3 Å². The molecular formula is C22H26F3N2O2+. The second kappa shape index (κ2) is 8.78. The van der Waals surface area contributed by atoms with E-state index in [1.54, 1.807) is 18.2 Å². The van der Waals surface area contributed by atoms with Crippen molar-refractivity contribution in [3.63, 3.8) is 0 Å². The Morgan fingerprint density at radius 1 is 1.21 bits per heavy atom. The molecule has 0 radical (unpaired) electrons. The highest BCUT2D eigenvalue weighted by atomic mass is 19.4. The summed E-state index contributed by atoms with van der Waals surface area (Å²) < 4.78 is 44.2. The highest BCUT2D eigenvalue weighted by Crippen LogP contribution is 2.32. The highest BCUT2D eigenvalue weighted by Gasteiger charge is 2.31. The van der Waals surface area contributed by atoms with Crippen LogP contribution >= 0.6 is 0 Å². The Bertz CT molecular complexity index is 860. The largest absolute Gasteiger partial charge is 0.504 e. The summed E-state index contributed by atoms with van der Waals surface area (Å²) >= 11 is 0. The van der Waals surface area contributed by atoms with Crippen molar-refractivity contribution in [3.05, 3.63) is 65.7 Å². The van der Waals surface area contributed by atoms with Gasteiger partial charge < -0.3 is 19.6 Å². The van der Waals surface area contributed by atoms with Gasteiger partial charge in [0.2, 0.25) is 0 Å². The minimum absolute atomic E-state index is 0.146. The number of phenolic OH excluding ortho intramolecular Hbond substituents is 1. The molecule has 4 nitrogen and oxygen atoms in total. The fraction of sp³-hybridized carbons (Fsp3) is 0.364. The molecular weight excluding hydrogens is 381 g/mol. The number of anilines is 1. The van der Waals surface area contributed by atoms with Crippen molar-refractivity contribution in [3.8, 4) is 11.5 Å². The molecule has 2 N–H and O–H groups in total. The molecule has 0 aromatic heterocycles. The Balaban J connectivity index is 1.68. The van der Waals surface area contributed by atoms with Crippen LogP contribution in [0, 0.1) is 0 Å². The van der Waals surface area contributed by atoms with Gasteiger partial charge in [0.25, 0.3) is 0 Å². The number of methoxy groups -OCH3 is 1. The summed E-state index contributed by atoms with van der Waals surface area (Å²) in [5.74, 6) is 0.592. The highest BCUT2D eigenvalue weighted by molar-refractivity contribution is 5.50. The maximum absolute atomic E-state index is 13.0. The normalized spacial score (nSPS) is 15.4. The maximum atomic E-state index is 13.0. The fourth-order valence-electron chi connectivity index (χ4n) is 3.71. The van der Waals surface area contributed by atoms with Crippen LogP contribution in [0.2, 0.25) is 0 Å². The zero-order chi connectivity index (χ0) is 21.0. The monoisotopic (exact) mass is 407 g/mol. The Morgan fingerprint density at radius 2 is 1.93 bits per heavy atom. The van der Waals surface area contributed by atoms with Crippen LogP contribution in [-0.4, -0.2) is 38.4 Å². The van der Waals surface area contributed by atoms with E-state index in [9.17, 15) is 18.3 Å². The number of alkyl halides is 3. The third-order valence-corrected chi connectivity index (χ3v) is 5.26. The Hall–Kier alpha value is -2.67. The zero-order valence-corrected chi connectivity index (χ0v) is 16.4. The van der Waals surface area contributed by atoms with E-state index in [1.165, 1.54) is 24.1 Å². The van der Waals surface area contributed by atoms with Crippen LogP contribution in [0.3, 0.4) is 0 Å². The van der Waals surface area contributed by atoms with Crippen molar-refractivity contribution in [2.24, 2.45) is 0 Å². The van der Waals surface area contributed by atoms with E-state index >= 15 is 0 Å². The van der Waals surface area contributed by atoms with Crippen LogP contribution in [0.4, 0.5) is 18.9 Å². The lowest BCUT2D eigenvalue weighted by Gasteiger charge is -2.34. The summed E-state index contributed by atoms with van der Waals surface area (Å²) in [4.78, 5) is 3.24. The van der Waals surface area contributed by atoms with Gasteiger partial charge in [-0.1, -0.05) is 12.1 Å². The smallest absolute Gasteiger partial charge is 0.416 e. The lowest BCUT2D eigenvalue weighted by atomic mass is 10.0. The molecule has 0 atom stereocenters. The molecule has 156 valence electrons. The van der Waals surface area contributed by atoms with Gasteiger partial charge in [-0.3, -0.25) is 0 Å². The summed E-state index contributed by atoms with van der Waals surface area (Å²) in [6, 6.07) is 9.24. The van der Waals surface area contributed by atoms with Crippen LogP contribution in [0.15, 0.2) is 49.1 Å². The van der Waals surface area contributed by atoms with Gasteiger partial charge in [0, 0.05) is 5.69 Å². The predicted molar refractivity (Wildman–Crippen MR) is 107 cm³/mol. The molecule has 0 spiro atoms. The number of phenols is 1. The van der Waals surface area contributed by atoms with Gasteiger partial charge in [0.05, 0.1) is 44.4 Å². The van der Waals surface area contributed by atoms with Crippen molar-refractivity contribution in [1.82, 2.24) is 0 Å². The average Bonchev–Trinajstić information content (AvgIpc) is 2.70. The number of piperazine rings is 1. The van der Waals surface area contributed by atoms with Gasteiger partial charge in [-0.15, -0.1) is 6.58 Å². The Kier molecular flexibility index (Phi) is 6.37. The van der Waals surface area contributed by atoms with Crippen molar-refractivity contribution < 1.29 is 27.9 Å². The van der Waals surface area contributed by atoms with Crippen LogP contribution < -0.4 is 14.5 Å². The van der Waals surface area contributed by atoms with Gasteiger partial charge in [-0.25, -0.2) is 0 Å². The number of halogens is 3. The second-order valence-corrected chi connectivity index (χ2v) is 7.26. The second-order valence-electron chi connectivity index (χ2n) is 7.26. The van der Waals surface area contributed by atoms with Crippen LogP contribution in [-0.2, 0) is 19.1 Å². The molecule has 1 aliphatic heterocycles. The predicted octanol–water partition coefficient (Wildman–Crippen LogP) is 3.05. The molecule has 0 bridgehead atoms. The third kappa shape index (κ3) is 5.03. The molecule has 2 aromatic carbocycles. The number of rotatable bonds is 6. The number of nitrogens with one attached hydrogen (secondary N) is 1. The summed E-state index contributed by atoms with van der Waals surface area (Å²) in [7, 11) is 1.53. The van der Waals surface area contributed by atoms with Crippen molar-refractivity contribution in [2.75, 3.05) is 38.2 Å². The van der Waals surface area contributed by atoms with Gasteiger partial charge in [-0.2, -0.15) is 13.2 Å². The molecule has 0 saturated carbocycles. The first-order chi connectivity index (χ1) is 13.8. The summed E-state index contributed by atoms with van der Waals surface area (Å²) in [6.07, 6.45) is -1.85. The lowest BCUT2D eigenvalue weighted by molar-refractivity contribution is -0.914. The Morgan fingerprint density at radius 3 is 2.55 bits per heavy atom. The van der Waals surface area contributed by atoms with Gasteiger partial charge >= 0.3 is 6.18 Å². The van der Waals surface area contributed by atoms with Crippen LogP contribution in [0.1, 0.15) is 16.7 Å². The summed E-state index contributed by atoms with van der Waals surface area (Å²) in [5, 5.41) is 10.5. The first kappa shape index (κ1) is 21.0. The number of nitrogens with zero attached hydrogens (tertiary/aromatic N) is 1. The molecule has 0 amide bonds. The number of hydrogen-bond acceptors (Lipinski definition) is 3. The molecule has 1 aliphatic rings. The maximum Gasteiger partial charge on any atom is 0.416 e. The van der Waals surface area contributed by atoms with Crippen molar-refractivity contribution >= 4 is 5.69 Å². The topological polar surface area (TPSA) is 37.1 Å². The lowest BCUT2D eigenvalue weighted by Crippen LogP contribution is -3.13. The number of benzene rings is 2. The van der Waals surface area contributed by atoms with Gasteiger partial charge in [0.1, 0.15) is 6.54 Å². The first-order valence-corrected chi connectivity index (χ1v) is 9.57. The number of ether oxygens (including phenoxy) is 1. The van der Waals surface area contributed by atoms with E-state index in [2.05, 4.69) is 6.58 Å². The van der Waals surface area contributed by atoms with Gasteiger partial charge in [-0.05, 0) is 42.3 Å². The third-order valence-electron chi connectivity index (χ3n) is 5.26. The van der Waals surface area contributed by atoms with E-state index in [4.69, 9.17) is 4.74 Å². The minimum Gasteiger partial charge on any atom is -0.504 e. The van der Waals surface area contributed by atoms with E-state index < -0.39 is 11.7 Å². The zero-order valence-electron chi connectivity index (χ0n) is 16.4. The van der Waals surface area contributed by atoms with Crippen LogP contribution in [0.5, 0.6) is 11.5 Å². The fourth-order valence-corrected chi connectivity index (χ4v) is 3.71. The van der Waals surface area contributed by atoms with Crippen molar-refractivity contribution in [1.29, 1.82) is 0 Å². The molecule has 0 aliphatic carbocycles. The minimum atomic E-state index is -4.34. The molecule has 1 fully saturated rings. The SMILES string of the molecule is C=CCc1cc(C[NH+]2CCN(c3cccc(C(F)(F)F)c3)CC2)c(O)c(OC)c1. The number of hydrogen-bond donors (Lipinski definition) is 2. The molecule has 3 rings (SSSR count). The first-order valence-electron chi connectivity index (χ1n) is 9.57. The number of aromatic hydroxyl groups is 1. The van der Waals surface area contributed by atoms with E-state index in [1.807, 2.05) is 11.0 Å². The Labute approximate surface area is 168 Å². The van der Waals surface area contributed by atoms with E-state index in [-0.39, 0.29) is 5.75 Å². The molecule has 2 aromatic rings. The van der Waals surface area contributed by atoms with E-state index in [0.29, 0.717) is 37.5 Å². The molecule has 1 heterocycles. The molecule has 0 unspecified atom stereocenters. The van der Waals surface area contributed by atoms with Gasteiger partial charge in [0.15, 0.2) is 11.5 Å². The average molecular weight is 407 g/mol. The standard InChI is InChI=1S/C22H25F3N2O2/c1-3-5-16-12-17(21(28)20(13-16)29-2)15-26-8-10-27(11-9-26)19-7-4-6-18(14-19)22(23,24)25/h3-4,6-7,12-14,28H,1,5,8-11,15H2,2H3/p+1. The quantitative estimate of drug-likeness (QED) is 0.723.